The predicted molar refractivity (Wildman–Crippen MR) is 56.0 cm³/mol. The summed E-state index contributed by atoms with van der Waals surface area (Å²) in [4.78, 5) is 0. The molecular formula is C11H22O4. The second-order valence-corrected chi connectivity index (χ2v) is 4.56. The molecule has 90 valence electrons. The van der Waals surface area contributed by atoms with E-state index in [2.05, 4.69) is 0 Å². The third kappa shape index (κ3) is 4.93. The zero-order valence-corrected chi connectivity index (χ0v) is 9.05. The Morgan fingerprint density at radius 3 is 2.40 bits per heavy atom. The molecule has 0 aromatic heterocycles. The van der Waals surface area contributed by atoms with Crippen molar-refractivity contribution < 1.29 is 20.4 Å². The lowest BCUT2D eigenvalue weighted by Crippen LogP contribution is -2.31. The number of hydrogen-bond acceptors (Lipinski definition) is 4. The van der Waals surface area contributed by atoms with E-state index >= 15 is 0 Å². The summed E-state index contributed by atoms with van der Waals surface area (Å²) in [5.41, 5.74) is 0. The van der Waals surface area contributed by atoms with Crippen LogP contribution in [0.1, 0.15) is 44.9 Å². The molecule has 2 unspecified atom stereocenters. The molecule has 4 heteroatoms. The lowest BCUT2D eigenvalue weighted by Gasteiger charge is -2.30. The smallest absolute Gasteiger partial charge is 0.151 e. The molecule has 0 amide bonds. The third-order valence-electron chi connectivity index (χ3n) is 3.22. The van der Waals surface area contributed by atoms with Gasteiger partial charge in [0, 0.05) is 0 Å². The molecule has 0 aliphatic heterocycles. The second-order valence-electron chi connectivity index (χ2n) is 4.56. The van der Waals surface area contributed by atoms with Crippen LogP contribution in [-0.2, 0) is 0 Å². The molecular weight excluding hydrogens is 196 g/mol. The first-order valence-corrected chi connectivity index (χ1v) is 5.82. The van der Waals surface area contributed by atoms with E-state index in [4.69, 9.17) is 10.2 Å². The minimum atomic E-state index is -1.21. The maximum absolute atomic E-state index is 9.69. The van der Waals surface area contributed by atoms with Gasteiger partial charge in [-0.3, -0.25) is 0 Å². The van der Waals surface area contributed by atoms with Gasteiger partial charge >= 0.3 is 0 Å². The maximum Gasteiger partial charge on any atom is 0.151 e. The van der Waals surface area contributed by atoms with Crippen LogP contribution < -0.4 is 0 Å². The highest BCUT2D eigenvalue weighted by atomic mass is 16.5. The van der Waals surface area contributed by atoms with E-state index in [0.717, 1.165) is 32.1 Å². The molecule has 1 rings (SSSR count). The van der Waals surface area contributed by atoms with Crippen molar-refractivity contribution in [3.8, 4) is 0 Å². The Morgan fingerprint density at radius 1 is 1.07 bits per heavy atom. The van der Waals surface area contributed by atoms with Crippen LogP contribution in [0, 0.1) is 5.92 Å². The molecule has 0 radical (unpaired) electrons. The highest BCUT2D eigenvalue weighted by molar-refractivity contribution is 4.79. The molecule has 3 atom stereocenters. The van der Waals surface area contributed by atoms with Crippen molar-refractivity contribution in [1.29, 1.82) is 0 Å². The van der Waals surface area contributed by atoms with Gasteiger partial charge < -0.3 is 20.4 Å². The van der Waals surface area contributed by atoms with Crippen LogP contribution in [0.3, 0.4) is 0 Å². The van der Waals surface area contributed by atoms with E-state index in [1.54, 1.807) is 0 Å². The molecule has 0 bridgehead atoms. The van der Waals surface area contributed by atoms with Crippen molar-refractivity contribution in [2.24, 2.45) is 5.92 Å². The van der Waals surface area contributed by atoms with Gasteiger partial charge in [0.2, 0.25) is 0 Å². The van der Waals surface area contributed by atoms with Crippen molar-refractivity contribution in [3.05, 3.63) is 0 Å². The zero-order chi connectivity index (χ0) is 11.3. The summed E-state index contributed by atoms with van der Waals surface area (Å²) < 4.78 is 0. The van der Waals surface area contributed by atoms with Gasteiger partial charge in [-0.05, 0) is 44.4 Å². The lowest BCUT2D eigenvalue weighted by molar-refractivity contribution is -0.0474. The third-order valence-corrected chi connectivity index (χ3v) is 3.22. The Labute approximate surface area is 90.6 Å². The van der Waals surface area contributed by atoms with Crippen LogP contribution in [0.2, 0.25) is 0 Å². The maximum atomic E-state index is 9.69. The Balaban J connectivity index is 2.10. The molecule has 0 aromatic carbocycles. The Bertz CT molecular complexity index is 172. The fourth-order valence-corrected chi connectivity index (χ4v) is 2.26. The van der Waals surface area contributed by atoms with Crippen LogP contribution in [0.15, 0.2) is 0 Å². The standard InChI is InChI=1S/C11H22O4/c12-9-6-5-8(10(13)7-9)3-1-2-4-11(14)15/h8-15H,1-7H2/t8?,9?,10-/m1/s1. The molecule has 1 aliphatic rings. The Morgan fingerprint density at radius 2 is 1.80 bits per heavy atom. The van der Waals surface area contributed by atoms with Gasteiger partial charge in [0.05, 0.1) is 12.2 Å². The normalized spacial score (nSPS) is 32.2. The highest BCUT2D eigenvalue weighted by Crippen LogP contribution is 2.28. The number of aliphatic hydroxyl groups is 4. The summed E-state index contributed by atoms with van der Waals surface area (Å²) in [6, 6.07) is 0. The predicted octanol–water partition coefficient (Wildman–Crippen LogP) is 0.379. The SMILES string of the molecule is OC(O)CCCCC1CCC(O)C[C@H]1O. The lowest BCUT2D eigenvalue weighted by atomic mass is 9.82. The van der Waals surface area contributed by atoms with Gasteiger partial charge in [0.15, 0.2) is 6.29 Å². The largest absolute Gasteiger partial charge is 0.393 e. The molecule has 0 aromatic rings. The monoisotopic (exact) mass is 218 g/mol. The van der Waals surface area contributed by atoms with Gasteiger partial charge in [0.25, 0.3) is 0 Å². The van der Waals surface area contributed by atoms with Crippen LogP contribution >= 0.6 is 0 Å². The van der Waals surface area contributed by atoms with Crippen LogP contribution in [0.25, 0.3) is 0 Å². The fraction of sp³-hybridized carbons (Fsp3) is 1.00. The van der Waals surface area contributed by atoms with Crippen LogP contribution in [-0.4, -0.2) is 38.9 Å². The first-order chi connectivity index (χ1) is 7.09. The summed E-state index contributed by atoms with van der Waals surface area (Å²) >= 11 is 0. The molecule has 0 spiro atoms. The van der Waals surface area contributed by atoms with Gasteiger partial charge in [-0.15, -0.1) is 0 Å². The van der Waals surface area contributed by atoms with Gasteiger partial charge in [-0.1, -0.05) is 6.42 Å². The van der Waals surface area contributed by atoms with Crippen molar-refractivity contribution in [2.75, 3.05) is 0 Å². The number of unbranched alkanes of at least 4 members (excludes halogenated alkanes) is 1. The summed E-state index contributed by atoms with van der Waals surface area (Å²) in [5, 5.41) is 36.3. The van der Waals surface area contributed by atoms with E-state index in [-0.39, 0.29) is 18.1 Å². The van der Waals surface area contributed by atoms with Crippen molar-refractivity contribution in [2.45, 2.75) is 63.4 Å². The molecule has 4 nitrogen and oxygen atoms in total. The summed E-state index contributed by atoms with van der Waals surface area (Å²) in [7, 11) is 0. The summed E-state index contributed by atoms with van der Waals surface area (Å²) in [6.07, 6.45) is 3.25. The van der Waals surface area contributed by atoms with Crippen LogP contribution in [0.5, 0.6) is 0 Å². The van der Waals surface area contributed by atoms with Gasteiger partial charge in [-0.2, -0.15) is 0 Å². The number of hydrogen-bond donors (Lipinski definition) is 4. The van der Waals surface area contributed by atoms with E-state index in [1.165, 1.54) is 0 Å². The van der Waals surface area contributed by atoms with Crippen molar-refractivity contribution in [1.82, 2.24) is 0 Å². The van der Waals surface area contributed by atoms with Crippen LogP contribution in [0.4, 0.5) is 0 Å². The molecule has 4 N–H and O–H groups in total. The number of rotatable bonds is 5. The van der Waals surface area contributed by atoms with E-state index in [9.17, 15) is 10.2 Å². The fourth-order valence-electron chi connectivity index (χ4n) is 2.26. The highest BCUT2D eigenvalue weighted by Gasteiger charge is 2.27. The quantitative estimate of drug-likeness (QED) is 0.397. The van der Waals surface area contributed by atoms with Crippen molar-refractivity contribution >= 4 is 0 Å². The Hall–Kier alpha value is -0.160. The first kappa shape index (κ1) is 12.9. The molecule has 1 aliphatic carbocycles. The molecule has 15 heavy (non-hydrogen) atoms. The molecule has 1 saturated carbocycles. The molecule has 0 saturated heterocycles. The average Bonchev–Trinajstić information content (AvgIpc) is 2.14. The average molecular weight is 218 g/mol. The zero-order valence-electron chi connectivity index (χ0n) is 9.05. The minimum Gasteiger partial charge on any atom is -0.393 e. The van der Waals surface area contributed by atoms with Gasteiger partial charge in [0.1, 0.15) is 0 Å². The second kappa shape index (κ2) is 6.43. The minimum absolute atomic E-state index is 0.282. The Kier molecular flexibility index (Phi) is 5.53. The van der Waals surface area contributed by atoms with Gasteiger partial charge in [-0.25, -0.2) is 0 Å². The van der Waals surface area contributed by atoms with E-state index in [1.807, 2.05) is 0 Å². The summed E-state index contributed by atoms with van der Waals surface area (Å²) in [6.45, 7) is 0. The molecule has 1 fully saturated rings. The topological polar surface area (TPSA) is 80.9 Å². The number of aliphatic hydroxyl groups excluding tert-OH is 3. The summed E-state index contributed by atoms with van der Waals surface area (Å²) in [5.74, 6) is 0.282. The van der Waals surface area contributed by atoms with E-state index < -0.39 is 6.29 Å². The van der Waals surface area contributed by atoms with E-state index in [0.29, 0.717) is 12.8 Å². The molecule has 0 heterocycles. The first-order valence-electron chi connectivity index (χ1n) is 5.82. The van der Waals surface area contributed by atoms with Crippen molar-refractivity contribution in [3.63, 3.8) is 0 Å².